The maximum atomic E-state index is 10.8. The van der Waals surface area contributed by atoms with Crippen LogP contribution in [0.5, 0.6) is 11.5 Å². The van der Waals surface area contributed by atoms with E-state index in [4.69, 9.17) is 23.4 Å². The number of aliphatic carboxylic acids is 1. The molecule has 0 saturated carbocycles. The molecule has 0 amide bonds. The Morgan fingerprint density at radius 3 is 2.80 bits per heavy atom. The molecule has 0 unspecified atom stereocenters. The number of methoxy groups -OCH3 is 1. The fourth-order valence-electron chi connectivity index (χ4n) is 2.33. The van der Waals surface area contributed by atoms with E-state index in [2.05, 4.69) is 4.98 Å². The molecule has 7 nitrogen and oxygen atoms in total. The molecule has 0 aliphatic heterocycles. The van der Waals surface area contributed by atoms with E-state index in [-0.39, 0.29) is 13.0 Å². The maximum Gasteiger partial charge on any atom is 0.307 e. The normalized spacial score (nSPS) is 10.6. The lowest BCUT2D eigenvalue weighted by Gasteiger charge is -2.11. The monoisotopic (exact) mass is 343 g/mol. The van der Waals surface area contributed by atoms with Gasteiger partial charge in [0.05, 0.1) is 19.8 Å². The van der Waals surface area contributed by atoms with Gasteiger partial charge in [-0.3, -0.25) is 4.79 Å². The number of furan rings is 1. The Labute approximate surface area is 143 Å². The first-order valence-corrected chi connectivity index (χ1v) is 7.58. The van der Waals surface area contributed by atoms with Gasteiger partial charge in [-0.15, -0.1) is 0 Å². The van der Waals surface area contributed by atoms with Gasteiger partial charge < -0.3 is 23.4 Å². The molecule has 2 aromatic heterocycles. The highest BCUT2D eigenvalue weighted by Crippen LogP contribution is 2.30. The number of hydrogen-bond acceptors (Lipinski definition) is 6. The molecule has 1 N–H and O–H groups in total. The molecule has 3 aromatic rings. The lowest BCUT2D eigenvalue weighted by atomic mass is 10.1. The zero-order chi connectivity index (χ0) is 17.8. The molecular weight excluding hydrogens is 326 g/mol. The van der Waals surface area contributed by atoms with Crippen LogP contribution >= 0.6 is 0 Å². The minimum atomic E-state index is -0.903. The number of carboxylic acid groups (broad SMARTS) is 1. The first-order chi connectivity index (χ1) is 12.1. The summed E-state index contributed by atoms with van der Waals surface area (Å²) >= 11 is 0. The van der Waals surface area contributed by atoms with Gasteiger partial charge in [-0.05, 0) is 36.8 Å². The molecule has 0 aliphatic carbocycles. The standard InChI is InChI=1S/C18H17NO6/c1-11-13(19-18(25-11)15-4-3-7-23-15)10-24-14-6-5-12(9-17(20)21)8-16(14)22-2/h3-8H,9-10H2,1-2H3,(H,20,21). The largest absolute Gasteiger partial charge is 0.493 e. The van der Waals surface area contributed by atoms with Crippen LogP contribution in [0.25, 0.3) is 11.7 Å². The third-order valence-electron chi connectivity index (χ3n) is 3.57. The number of nitrogens with zero attached hydrogens (tertiary/aromatic N) is 1. The van der Waals surface area contributed by atoms with E-state index in [1.165, 1.54) is 7.11 Å². The quantitative estimate of drug-likeness (QED) is 0.702. The Morgan fingerprint density at radius 2 is 2.12 bits per heavy atom. The van der Waals surface area contributed by atoms with Crippen molar-refractivity contribution >= 4 is 5.97 Å². The second-order valence-electron chi connectivity index (χ2n) is 5.34. The predicted octanol–water partition coefficient (Wildman–Crippen LogP) is 3.46. The average molecular weight is 343 g/mol. The van der Waals surface area contributed by atoms with Crippen LogP contribution < -0.4 is 9.47 Å². The van der Waals surface area contributed by atoms with Gasteiger partial charge in [0.15, 0.2) is 17.3 Å². The summed E-state index contributed by atoms with van der Waals surface area (Å²) in [5.41, 5.74) is 1.28. The summed E-state index contributed by atoms with van der Waals surface area (Å²) in [5, 5.41) is 8.86. The van der Waals surface area contributed by atoms with Crippen LogP contribution in [0.2, 0.25) is 0 Å². The Morgan fingerprint density at radius 1 is 1.28 bits per heavy atom. The average Bonchev–Trinajstić information content (AvgIpc) is 3.22. The zero-order valence-corrected chi connectivity index (χ0v) is 13.8. The van der Waals surface area contributed by atoms with Crippen molar-refractivity contribution in [3.8, 4) is 23.1 Å². The first-order valence-electron chi connectivity index (χ1n) is 7.58. The zero-order valence-electron chi connectivity index (χ0n) is 13.8. The molecule has 3 rings (SSSR count). The van der Waals surface area contributed by atoms with Crippen molar-refractivity contribution < 1.29 is 28.2 Å². The molecule has 0 fully saturated rings. The second kappa shape index (κ2) is 7.12. The highest BCUT2D eigenvalue weighted by Gasteiger charge is 2.15. The van der Waals surface area contributed by atoms with Crippen LogP contribution in [0.3, 0.4) is 0 Å². The summed E-state index contributed by atoms with van der Waals surface area (Å²) in [4.78, 5) is 15.2. The molecule has 130 valence electrons. The number of aryl methyl sites for hydroxylation is 1. The van der Waals surface area contributed by atoms with E-state index in [9.17, 15) is 4.79 Å². The fourth-order valence-corrected chi connectivity index (χ4v) is 2.33. The molecular formula is C18H17NO6. The van der Waals surface area contributed by atoms with Crippen molar-refractivity contribution in [1.82, 2.24) is 4.98 Å². The second-order valence-corrected chi connectivity index (χ2v) is 5.34. The first kappa shape index (κ1) is 16.6. The number of hydrogen-bond donors (Lipinski definition) is 1. The van der Waals surface area contributed by atoms with Gasteiger partial charge >= 0.3 is 5.97 Å². The van der Waals surface area contributed by atoms with E-state index in [1.54, 1.807) is 43.5 Å². The van der Waals surface area contributed by atoms with Crippen LogP contribution in [0, 0.1) is 6.92 Å². The Hall–Kier alpha value is -3.22. The number of aromatic nitrogens is 1. The molecule has 25 heavy (non-hydrogen) atoms. The lowest BCUT2D eigenvalue weighted by molar-refractivity contribution is -0.136. The summed E-state index contributed by atoms with van der Waals surface area (Å²) in [6, 6.07) is 8.54. The van der Waals surface area contributed by atoms with Gasteiger partial charge in [0.25, 0.3) is 5.89 Å². The van der Waals surface area contributed by atoms with Crippen LogP contribution in [0.1, 0.15) is 17.0 Å². The third-order valence-corrected chi connectivity index (χ3v) is 3.57. The summed E-state index contributed by atoms with van der Waals surface area (Å²) in [6.07, 6.45) is 1.47. The fraction of sp³-hybridized carbons (Fsp3) is 0.222. The van der Waals surface area contributed by atoms with Crippen molar-refractivity contribution in [3.63, 3.8) is 0 Å². The van der Waals surface area contributed by atoms with Crippen molar-refractivity contribution in [2.24, 2.45) is 0 Å². The van der Waals surface area contributed by atoms with Crippen molar-refractivity contribution in [1.29, 1.82) is 0 Å². The van der Waals surface area contributed by atoms with Crippen molar-refractivity contribution in [3.05, 3.63) is 53.6 Å². The summed E-state index contributed by atoms with van der Waals surface area (Å²) in [5.74, 6) is 1.63. The Balaban J connectivity index is 1.74. The molecule has 7 heteroatoms. The SMILES string of the molecule is COc1cc(CC(=O)O)ccc1OCc1nc(-c2ccco2)oc1C. The molecule has 0 bridgehead atoms. The molecule has 0 saturated heterocycles. The van der Waals surface area contributed by atoms with Crippen molar-refractivity contribution in [2.75, 3.05) is 7.11 Å². The van der Waals surface area contributed by atoms with E-state index < -0.39 is 5.97 Å². The van der Waals surface area contributed by atoms with Crippen molar-refractivity contribution in [2.45, 2.75) is 20.0 Å². The minimum Gasteiger partial charge on any atom is -0.493 e. The Bertz CT molecular complexity index is 866. The van der Waals surface area contributed by atoms with E-state index >= 15 is 0 Å². The number of oxazole rings is 1. The molecule has 2 heterocycles. The third kappa shape index (κ3) is 3.82. The molecule has 0 radical (unpaired) electrons. The minimum absolute atomic E-state index is 0.0778. The highest BCUT2D eigenvalue weighted by molar-refractivity contribution is 5.70. The van der Waals surface area contributed by atoms with Crippen LogP contribution in [0.15, 0.2) is 45.4 Å². The topological polar surface area (TPSA) is 94.9 Å². The highest BCUT2D eigenvalue weighted by atomic mass is 16.5. The predicted molar refractivity (Wildman–Crippen MR) is 87.6 cm³/mol. The number of rotatable bonds is 7. The summed E-state index contributed by atoms with van der Waals surface area (Å²) < 4.78 is 21.9. The van der Waals surface area contributed by atoms with Gasteiger partial charge in [0.1, 0.15) is 18.1 Å². The Kier molecular flexibility index (Phi) is 4.74. The van der Waals surface area contributed by atoms with Gasteiger partial charge in [-0.2, -0.15) is 0 Å². The van der Waals surface area contributed by atoms with Gasteiger partial charge in [-0.1, -0.05) is 6.07 Å². The summed E-state index contributed by atoms with van der Waals surface area (Å²) in [7, 11) is 1.50. The number of benzene rings is 1. The molecule has 0 aliphatic rings. The lowest BCUT2D eigenvalue weighted by Crippen LogP contribution is -2.02. The van der Waals surface area contributed by atoms with Gasteiger partial charge in [0.2, 0.25) is 0 Å². The van der Waals surface area contributed by atoms with Crippen LogP contribution in [-0.2, 0) is 17.8 Å². The van der Waals surface area contributed by atoms with E-state index in [0.717, 1.165) is 0 Å². The maximum absolute atomic E-state index is 10.8. The van der Waals surface area contributed by atoms with Crippen LogP contribution in [-0.4, -0.2) is 23.2 Å². The molecule has 1 aromatic carbocycles. The molecule has 0 spiro atoms. The van der Waals surface area contributed by atoms with Crippen LogP contribution in [0.4, 0.5) is 0 Å². The van der Waals surface area contributed by atoms with Gasteiger partial charge in [0, 0.05) is 0 Å². The summed E-state index contributed by atoms with van der Waals surface area (Å²) in [6.45, 7) is 1.98. The number of ether oxygens (including phenoxy) is 2. The van der Waals surface area contributed by atoms with E-state index in [1.807, 2.05) is 0 Å². The molecule has 0 atom stereocenters. The number of carboxylic acids is 1. The number of carbonyl (C=O) groups is 1. The smallest absolute Gasteiger partial charge is 0.307 e. The van der Waals surface area contributed by atoms with Gasteiger partial charge in [-0.25, -0.2) is 4.98 Å². The van der Waals surface area contributed by atoms with E-state index in [0.29, 0.717) is 40.2 Å².